The van der Waals surface area contributed by atoms with E-state index in [0.717, 1.165) is 17.9 Å². The van der Waals surface area contributed by atoms with Crippen molar-refractivity contribution in [2.75, 3.05) is 20.3 Å². The number of benzene rings is 1. The van der Waals surface area contributed by atoms with E-state index in [0.29, 0.717) is 6.61 Å². The van der Waals surface area contributed by atoms with Crippen molar-refractivity contribution in [1.82, 2.24) is 0 Å². The third-order valence-electron chi connectivity index (χ3n) is 2.70. The van der Waals surface area contributed by atoms with Gasteiger partial charge in [0.2, 0.25) is 0 Å². The summed E-state index contributed by atoms with van der Waals surface area (Å²) in [7, 11) is 1.63. The number of hydrogen-bond acceptors (Lipinski definition) is 3. The smallest absolute Gasteiger partial charge is 0.161 e. The molecular formula is C15H24O3. The minimum Gasteiger partial charge on any atom is -0.493 e. The van der Waals surface area contributed by atoms with Crippen molar-refractivity contribution in [1.29, 1.82) is 0 Å². The normalized spacial score (nSPS) is 13.2. The van der Waals surface area contributed by atoms with E-state index in [1.54, 1.807) is 7.11 Å². The highest BCUT2D eigenvalue weighted by atomic mass is 16.5. The number of rotatable bonds is 6. The van der Waals surface area contributed by atoms with E-state index in [1.165, 1.54) is 0 Å². The van der Waals surface area contributed by atoms with Gasteiger partial charge in [0, 0.05) is 12.5 Å². The van der Waals surface area contributed by atoms with Gasteiger partial charge in [-0.05, 0) is 24.0 Å². The monoisotopic (exact) mass is 252 g/mol. The first-order valence-corrected chi connectivity index (χ1v) is 6.33. The summed E-state index contributed by atoms with van der Waals surface area (Å²) in [5.41, 5.74) is 0.192. The lowest BCUT2D eigenvalue weighted by atomic mass is 9.85. The average Bonchev–Trinajstić information content (AvgIpc) is 2.33. The molecule has 1 aromatic carbocycles. The summed E-state index contributed by atoms with van der Waals surface area (Å²) in [4.78, 5) is 0. The highest BCUT2D eigenvalue weighted by molar-refractivity contribution is 5.39. The molecule has 1 rings (SSSR count). The fourth-order valence-electron chi connectivity index (χ4n) is 1.99. The number of methoxy groups -OCH3 is 1. The van der Waals surface area contributed by atoms with Gasteiger partial charge in [0.1, 0.15) is 0 Å². The molecule has 102 valence electrons. The van der Waals surface area contributed by atoms with Crippen molar-refractivity contribution in [3.8, 4) is 11.5 Å². The second-order valence-electron chi connectivity index (χ2n) is 5.78. The Balaban J connectivity index is 2.57. The maximum atomic E-state index is 9.38. The summed E-state index contributed by atoms with van der Waals surface area (Å²) in [5, 5.41) is 9.38. The van der Waals surface area contributed by atoms with E-state index in [4.69, 9.17) is 9.47 Å². The van der Waals surface area contributed by atoms with Crippen LogP contribution >= 0.6 is 0 Å². The van der Waals surface area contributed by atoms with E-state index in [1.807, 2.05) is 24.3 Å². The van der Waals surface area contributed by atoms with Gasteiger partial charge >= 0.3 is 0 Å². The Bertz CT molecular complexity index is 355. The fraction of sp³-hybridized carbons (Fsp3) is 0.600. The fourth-order valence-corrected chi connectivity index (χ4v) is 1.99. The zero-order valence-corrected chi connectivity index (χ0v) is 11.8. The van der Waals surface area contributed by atoms with E-state index < -0.39 is 0 Å². The largest absolute Gasteiger partial charge is 0.493 e. The van der Waals surface area contributed by atoms with Crippen LogP contribution in [0.1, 0.15) is 27.2 Å². The van der Waals surface area contributed by atoms with Gasteiger partial charge in [-0.2, -0.15) is 0 Å². The summed E-state index contributed by atoms with van der Waals surface area (Å²) in [6.45, 7) is 7.15. The van der Waals surface area contributed by atoms with E-state index in [-0.39, 0.29) is 17.9 Å². The molecule has 0 aliphatic heterocycles. The highest BCUT2D eigenvalue weighted by Gasteiger charge is 2.19. The maximum Gasteiger partial charge on any atom is 0.161 e. The number of ether oxygens (including phenoxy) is 2. The Kier molecular flexibility index (Phi) is 5.48. The molecule has 0 fully saturated rings. The predicted molar refractivity (Wildman–Crippen MR) is 73.1 cm³/mol. The van der Waals surface area contributed by atoms with Crippen LogP contribution in [0.2, 0.25) is 0 Å². The van der Waals surface area contributed by atoms with Crippen molar-refractivity contribution in [3.63, 3.8) is 0 Å². The molecule has 1 aromatic rings. The second kappa shape index (κ2) is 6.64. The number of aliphatic hydroxyl groups is 1. The van der Waals surface area contributed by atoms with Crippen LogP contribution in [0.3, 0.4) is 0 Å². The molecule has 18 heavy (non-hydrogen) atoms. The number of aliphatic hydroxyl groups excluding tert-OH is 1. The quantitative estimate of drug-likeness (QED) is 0.845. The summed E-state index contributed by atoms with van der Waals surface area (Å²) in [6, 6.07) is 7.57. The summed E-state index contributed by atoms with van der Waals surface area (Å²) in [5.74, 6) is 1.60. The molecular weight excluding hydrogens is 228 g/mol. The SMILES string of the molecule is COc1ccccc1OCC(CO)CC(C)(C)C. The summed E-state index contributed by atoms with van der Waals surface area (Å²) in [6.07, 6.45) is 0.929. The minimum atomic E-state index is 0.145. The van der Waals surface area contributed by atoms with Crippen LogP contribution in [0.4, 0.5) is 0 Å². The Hall–Kier alpha value is -1.22. The van der Waals surface area contributed by atoms with Crippen molar-refractivity contribution in [2.45, 2.75) is 27.2 Å². The second-order valence-corrected chi connectivity index (χ2v) is 5.78. The third kappa shape index (κ3) is 4.96. The van der Waals surface area contributed by atoms with Crippen LogP contribution in [0.5, 0.6) is 11.5 Å². The molecule has 0 heterocycles. The molecule has 0 radical (unpaired) electrons. The van der Waals surface area contributed by atoms with Crippen molar-refractivity contribution in [2.24, 2.45) is 11.3 Å². The van der Waals surface area contributed by atoms with Crippen LogP contribution in [-0.2, 0) is 0 Å². The Morgan fingerprint density at radius 1 is 1.17 bits per heavy atom. The zero-order chi connectivity index (χ0) is 13.6. The molecule has 0 aliphatic rings. The van der Waals surface area contributed by atoms with Gasteiger partial charge in [0.25, 0.3) is 0 Å². The van der Waals surface area contributed by atoms with Crippen molar-refractivity contribution < 1.29 is 14.6 Å². The van der Waals surface area contributed by atoms with Crippen LogP contribution in [0.25, 0.3) is 0 Å². The first kappa shape index (κ1) is 14.8. The first-order chi connectivity index (χ1) is 8.46. The summed E-state index contributed by atoms with van der Waals surface area (Å²) < 4.78 is 11.0. The van der Waals surface area contributed by atoms with Crippen molar-refractivity contribution >= 4 is 0 Å². The van der Waals surface area contributed by atoms with Crippen LogP contribution in [0, 0.1) is 11.3 Å². The van der Waals surface area contributed by atoms with E-state index in [2.05, 4.69) is 20.8 Å². The molecule has 0 bridgehead atoms. The first-order valence-electron chi connectivity index (χ1n) is 6.33. The van der Waals surface area contributed by atoms with Gasteiger partial charge in [0.05, 0.1) is 13.7 Å². The molecule has 0 aromatic heterocycles. The van der Waals surface area contributed by atoms with Gasteiger partial charge < -0.3 is 14.6 Å². The maximum absolute atomic E-state index is 9.38. The van der Waals surface area contributed by atoms with Gasteiger partial charge in [-0.15, -0.1) is 0 Å². The molecule has 3 nitrogen and oxygen atoms in total. The molecule has 1 N–H and O–H groups in total. The minimum absolute atomic E-state index is 0.145. The summed E-state index contributed by atoms with van der Waals surface area (Å²) >= 11 is 0. The molecule has 0 amide bonds. The topological polar surface area (TPSA) is 38.7 Å². The standard InChI is InChI=1S/C15H24O3/c1-15(2,3)9-12(10-16)11-18-14-8-6-5-7-13(14)17-4/h5-8,12,16H,9-11H2,1-4H3. The highest BCUT2D eigenvalue weighted by Crippen LogP contribution is 2.28. The number of hydrogen-bond donors (Lipinski definition) is 1. The zero-order valence-electron chi connectivity index (χ0n) is 11.8. The molecule has 3 heteroatoms. The van der Waals surface area contributed by atoms with Gasteiger partial charge in [-0.1, -0.05) is 32.9 Å². The Morgan fingerprint density at radius 2 is 1.78 bits per heavy atom. The van der Waals surface area contributed by atoms with Crippen LogP contribution in [0.15, 0.2) is 24.3 Å². The third-order valence-corrected chi connectivity index (χ3v) is 2.70. The van der Waals surface area contributed by atoms with Gasteiger partial charge in [-0.3, -0.25) is 0 Å². The number of para-hydroxylation sites is 2. The molecule has 1 unspecified atom stereocenters. The van der Waals surface area contributed by atoms with Crippen LogP contribution in [-0.4, -0.2) is 25.4 Å². The molecule has 0 aliphatic carbocycles. The predicted octanol–water partition coefficient (Wildman–Crippen LogP) is 3.12. The van der Waals surface area contributed by atoms with Gasteiger partial charge in [0.15, 0.2) is 11.5 Å². The lowest BCUT2D eigenvalue weighted by molar-refractivity contribution is 0.124. The van der Waals surface area contributed by atoms with E-state index >= 15 is 0 Å². The molecule has 1 atom stereocenters. The Labute approximate surface area is 110 Å². The van der Waals surface area contributed by atoms with Crippen LogP contribution < -0.4 is 9.47 Å². The van der Waals surface area contributed by atoms with Gasteiger partial charge in [-0.25, -0.2) is 0 Å². The lowest BCUT2D eigenvalue weighted by Gasteiger charge is -2.24. The van der Waals surface area contributed by atoms with E-state index in [9.17, 15) is 5.11 Å². The van der Waals surface area contributed by atoms with Crippen molar-refractivity contribution in [3.05, 3.63) is 24.3 Å². The average molecular weight is 252 g/mol. The molecule has 0 saturated heterocycles. The lowest BCUT2D eigenvalue weighted by Crippen LogP contribution is -2.22. The molecule has 0 spiro atoms. The Morgan fingerprint density at radius 3 is 2.28 bits per heavy atom. The molecule has 0 saturated carbocycles.